The summed E-state index contributed by atoms with van der Waals surface area (Å²) in [7, 11) is 0. The highest BCUT2D eigenvalue weighted by Gasteiger charge is 2.23. The van der Waals surface area contributed by atoms with E-state index < -0.39 is 0 Å². The van der Waals surface area contributed by atoms with Gasteiger partial charge in [0.2, 0.25) is 0 Å². The number of aryl methyl sites for hydroxylation is 1. The average Bonchev–Trinajstić information content (AvgIpc) is 2.55. The van der Waals surface area contributed by atoms with Crippen molar-refractivity contribution in [3.8, 4) is 6.07 Å². The highest BCUT2D eigenvalue weighted by molar-refractivity contribution is 5.41. The summed E-state index contributed by atoms with van der Waals surface area (Å²) in [6.07, 6.45) is -0.0191. The first-order valence-corrected chi connectivity index (χ1v) is 7.06. The second kappa shape index (κ2) is 5.94. The lowest BCUT2D eigenvalue weighted by Gasteiger charge is -2.34. The van der Waals surface area contributed by atoms with Crippen LogP contribution in [0.15, 0.2) is 42.5 Å². The van der Waals surface area contributed by atoms with Gasteiger partial charge in [-0.05, 0) is 36.8 Å². The fourth-order valence-corrected chi connectivity index (χ4v) is 2.57. The standard InChI is InChI=1S/C17H17N3O/c1-13-4-2-7-17(19-13)20-8-9-21-16(12-20)15-6-3-5-14(10-15)11-18/h2-7,10,16H,8-9,12H2,1H3/t16-/m1/s1. The van der Waals surface area contributed by atoms with Gasteiger partial charge in [-0.25, -0.2) is 4.98 Å². The van der Waals surface area contributed by atoms with Gasteiger partial charge < -0.3 is 9.64 Å². The number of nitrogens with zero attached hydrogens (tertiary/aromatic N) is 3. The third-order valence-electron chi connectivity index (χ3n) is 3.65. The summed E-state index contributed by atoms with van der Waals surface area (Å²) in [6, 6.07) is 15.9. The molecule has 1 aliphatic heterocycles. The molecular weight excluding hydrogens is 262 g/mol. The van der Waals surface area contributed by atoms with Gasteiger partial charge in [-0.2, -0.15) is 5.26 Å². The van der Waals surface area contributed by atoms with E-state index >= 15 is 0 Å². The predicted molar refractivity (Wildman–Crippen MR) is 81.0 cm³/mol. The molecule has 3 rings (SSSR count). The van der Waals surface area contributed by atoms with Crippen LogP contribution < -0.4 is 4.90 Å². The molecule has 0 saturated carbocycles. The summed E-state index contributed by atoms with van der Waals surface area (Å²) < 4.78 is 5.87. The minimum Gasteiger partial charge on any atom is -0.370 e. The van der Waals surface area contributed by atoms with Crippen molar-refractivity contribution in [3.05, 3.63) is 59.3 Å². The Bertz CT molecular complexity index is 678. The molecule has 21 heavy (non-hydrogen) atoms. The number of nitriles is 1. The molecule has 1 aliphatic rings. The third kappa shape index (κ3) is 3.04. The fraction of sp³-hybridized carbons (Fsp3) is 0.294. The Kier molecular flexibility index (Phi) is 3.85. The van der Waals surface area contributed by atoms with E-state index in [-0.39, 0.29) is 6.10 Å². The fourth-order valence-electron chi connectivity index (χ4n) is 2.57. The van der Waals surface area contributed by atoms with Crippen LogP contribution in [0.4, 0.5) is 5.82 Å². The van der Waals surface area contributed by atoms with Gasteiger partial charge in [0.25, 0.3) is 0 Å². The molecule has 0 bridgehead atoms. The average molecular weight is 279 g/mol. The molecule has 0 unspecified atom stereocenters. The second-order valence-corrected chi connectivity index (χ2v) is 5.18. The van der Waals surface area contributed by atoms with Crippen LogP contribution in [-0.2, 0) is 4.74 Å². The zero-order valence-corrected chi connectivity index (χ0v) is 12.0. The predicted octanol–water partition coefficient (Wildman–Crippen LogP) is 2.84. The smallest absolute Gasteiger partial charge is 0.128 e. The van der Waals surface area contributed by atoms with Crippen molar-refractivity contribution in [2.75, 3.05) is 24.6 Å². The Morgan fingerprint density at radius 1 is 1.29 bits per heavy atom. The molecule has 2 aromatic rings. The lowest BCUT2D eigenvalue weighted by Crippen LogP contribution is -2.38. The van der Waals surface area contributed by atoms with E-state index in [1.54, 1.807) is 0 Å². The molecule has 1 fully saturated rings. The topological polar surface area (TPSA) is 49.1 Å². The third-order valence-corrected chi connectivity index (χ3v) is 3.65. The first kappa shape index (κ1) is 13.6. The molecule has 2 heterocycles. The lowest BCUT2D eigenvalue weighted by atomic mass is 10.0. The van der Waals surface area contributed by atoms with Gasteiger partial charge in [-0.15, -0.1) is 0 Å². The number of aromatic nitrogens is 1. The number of morpholine rings is 1. The summed E-state index contributed by atoms with van der Waals surface area (Å²) in [6.45, 7) is 4.26. The van der Waals surface area contributed by atoms with Crippen LogP contribution in [0.25, 0.3) is 0 Å². The summed E-state index contributed by atoms with van der Waals surface area (Å²) in [5.74, 6) is 0.986. The Balaban J connectivity index is 1.81. The normalized spacial score (nSPS) is 18.3. The number of ether oxygens (including phenoxy) is 1. The van der Waals surface area contributed by atoms with Crippen molar-refractivity contribution in [1.82, 2.24) is 4.98 Å². The van der Waals surface area contributed by atoms with Crippen LogP contribution in [0.2, 0.25) is 0 Å². The molecule has 0 spiro atoms. The number of hydrogen-bond donors (Lipinski definition) is 0. The molecule has 4 nitrogen and oxygen atoms in total. The highest BCUT2D eigenvalue weighted by Crippen LogP contribution is 2.25. The zero-order valence-electron chi connectivity index (χ0n) is 12.0. The van der Waals surface area contributed by atoms with Crippen LogP contribution >= 0.6 is 0 Å². The number of anilines is 1. The van der Waals surface area contributed by atoms with Crippen LogP contribution in [0.5, 0.6) is 0 Å². The minimum atomic E-state index is -0.0191. The number of benzene rings is 1. The molecule has 1 aromatic heterocycles. The summed E-state index contributed by atoms with van der Waals surface area (Å²) in [5, 5.41) is 9.01. The Morgan fingerprint density at radius 3 is 2.95 bits per heavy atom. The van der Waals surface area contributed by atoms with E-state index in [9.17, 15) is 0 Å². The van der Waals surface area contributed by atoms with Crippen LogP contribution in [-0.4, -0.2) is 24.7 Å². The summed E-state index contributed by atoms with van der Waals surface area (Å²) in [4.78, 5) is 6.81. The first-order chi connectivity index (χ1) is 10.3. The van der Waals surface area contributed by atoms with Gasteiger partial charge in [-0.1, -0.05) is 18.2 Å². The van der Waals surface area contributed by atoms with Gasteiger partial charge in [0.1, 0.15) is 11.9 Å². The SMILES string of the molecule is Cc1cccc(N2CCO[C@@H](c3cccc(C#N)c3)C2)n1. The van der Waals surface area contributed by atoms with Crippen molar-refractivity contribution in [2.45, 2.75) is 13.0 Å². The highest BCUT2D eigenvalue weighted by atomic mass is 16.5. The maximum atomic E-state index is 9.01. The van der Waals surface area contributed by atoms with Gasteiger partial charge in [0, 0.05) is 18.8 Å². The zero-order chi connectivity index (χ0) is 14.7. The summed E-state index contributed by atoms with van der Waals surface area (Å²) in [5.41, 5.74) is 2.73. The van der Waals surface area contributed by atoms with Crippen molar-refractivity contribution in [2.24, 2.45) is 0 Å². The molecule has 4 heteroatoms. The monoisotopic (exact) mass is 279 g/mol. The maximum Gasteiger partial charge on any atom is 0.128 e. The van der Waals surface area contributed by atoms with Gasteiger partial charge >= 0.3 is 0 Å². The first-order valence-electron chi connectivity index (χ1n) is 7.06. The van der Waals surface area contributed by atoms with Gasteiger partial charge in [-0.3, -0.25) is 0 Å². The van der Waals surface area contributed by atoms with E-state index in [1.165, 1.54) is 0 Å². The van der Waals surface area contributed by atoms with Crippen molar-refractivity contribution in [3.63, 3.8) is 0 Å². The van der Waals surface area contributed by atoms with E-state index in [0.29, 0.717) is 12.2 Å². The molecular formula is C17H17N3O. The van der Waals surface area contributed by atoms with E-state index in [0.717, 1.165) is 30.2 Å². The Morgan fingerprint density at radius 2 is 2.14 bits per heavy atom. The molecule has 0 aliphatic carbocycles. The quantitative estimate of drug-likeness (QED) is 0.848. The molecule has 0 radical (unpaired) electrons. The van der Waals surface area contributed by atoms with Crippen LogP contribution in [0.1, 0.15) is 22.9 Å². The number of pyridine rings is 1. The minimum absolute atomic E-state index is 0.0191. The number of hydrogen-bond acceptors (Lipinski definition) is 4. The molecule has 1 aromatic carbocycles. The maximum absolute atomic E-state index is 9.01. The Hall–Kier alpha value is -2.38. The van der Waals surface area contributed by atoms with Crippen molar-refractivity contribution in [1.29, 1.82) is 5.26 Å². The van der Waals surface area contributed by atoms with Crippen LogP contribution in [0, 0.1) is 18.3 Å². The van der Waals surface area contributed by atoms with Gasteiger partial charge in [0.05, 0.1) is 18.2 Å². The van der Waals surface area contributed by atoms with Gasteiger partial charge in [0.15, 0.2) is 0 Å². The van der Waals surface area contributed by atoms with Crippen LogP contribution in [0.3, 0.4) is 0 Å². The largest absolute Gasteiger partial charge is 0.370 e. The molecule has 0 N–H and O–H groups in total. The molecule has 0 amide bonds. The number of rotatable bonds is 2. The summed E-state index contributed by atoms with van der Waals surface area (Å²) >= 11 is 0. The molecule has 106 valence electrons. The van der Waals surface area contributed by atoms with E-state index in [1.807, 2.05) is 49.4 Å². The van der Waals surface area contributed by atoms with E-state index in [2.05, 4.69) is 16.0 Å². The van der Waals surface area contributed by atoms with Crippen molar-refractivity contribution < 1.29 is 4.74 Å². The van der Waals surface area contributed by atoms with Crippen molar-refractivity contribution >= 4 is 5.82 Å². The molecule has 1 saturated heterocycles. The second-order valence-electron chi connectivity index (χ2n) is 5.18. The molecule has 1 atom stereocenters. The van der Waals surface area contributed by atoms with E-state index in [4.69, 9.17) is 10.00 Å². The Labute approximate surface area is 124 Å². The lowest BCUT2D eigenvalue weighted by molar-refractivity contribution is 0.0395.